The van der Waals surface area contributed by atoms with Crippen LogP contribution in [0.4, 0.5) is 11.6 Å². The Bertz CT molecular complexity index is 495. The van der Waals surface area contributed by atoms with Crippen LogP contribution in [0.3, 0.4) is 0 Å². The van der Waals surface area contributed by atoms with Crippen LogP contribution in [0, 0.1) is 5.41 Å². The first-order chi connectivity index (χ1) is 8.99. The number of hydrogen-bond donors (Lipinski definition) is 5. The summed E-state index contributed by atoms with van der Waals surface area (Å²) < 4.78 is 4.94. The number of nitrogens with one attached hydrogen (secondary N) is 3. The molecule has 1 aromatic rings. The first-order valence-corrected chi connectivity index (χ1v) is 5.58. The van der Waals surface area contributed by atoms with Crippen molar-refractivity contribution in [3.05, 3.63) is 10.8 Å². The Morgan fingerprint density at radius 3 is 2.84 bits per heavy atom. The fourth-order valence-electron chi connectivity index (χ4n) is 1.14. The lowest BCUT2D eigenvalue weighted by molar-refractivity contribution is -0.116. The fraction of sp³-hybridized carbons (Fsp3) is 0.333. The highest BCUT2D eigenvalue weighted by molar-refractivity contribution is 6.32. The van der Waals surface area contributed by atoms with Crippen LogP contribution in [0.15, 0.2) is 0 Å². The van der Waals surface area contributed by atoms with E-state index in [1.807, 2.05) is 0 Å². The van der Waals surface area contributed by atoms with E-state index in [0.29, 0.717) is 0 Å². The third-order valence-corrected chi connectivity index (χ3v) is 2.14. The van der Waals surface area contributed by atoms with Crippen molar-refractivity contribution in [2.45, 2.75) is 6.92 Å². The Morgan fingerprint density at radius 2 is 2.26 bits per heavy atom. The van der Waals surface area contributed by atoms with Crippen molar-refractivity contribution < 1.29 is 14.7 Å². The van der Waals surface area contributed by atoms with Gasteiger partial charge in [-0.2, -0.15) is 5.48 Å². The van der Waals surface area contributed by atoms with E-state index in [-0.39, 0.29) is 41.5 Å². The molecule has 0 aliphatic carbocycles. The minimum Gasteiger partial charge on any atom is -0.477 e. The normalized spacial score (nSPS) is 10.1. The highest BCUT2D eigenvalue weighted by Gasteiger charge is 2.16. The van der Waals surface area contributed by atoms with Gasteiger partial charge >= 0.3 is 0 Å². The molecule has 0 aliphatic rings. The maximum absolute atomic E-state index is 11.2. The predicted octanol–water partition coefficient (Wildman–Crippen LogP) is -0.00863. The Labute approximate surface area is 113 Å². The smallest absolute Gasteiger partial charge is 0.241 e. The number of anilines is 2. The molecule has 0 fully saturated rings. The number of nitrogen functional groups attached to an aromatic ring is 1. The number of halogens is 1. The first-order valence-electron chi connectivity index (χ1n) is 5.21. The summed E-state index contributed by atoms with van der Waals surface area (Å²) in [5.74, 6) is -1.00. The molecule has 0 saturated heterocycles. The topological polar surface area (TPSA) is 146 Å². The molecule has 0 unspecified atom stereocenters. The van der Waals surface area contributed by atoms with Crippen LogP contribution in [-0.4, -0.2) is 40.1 Å². The van der Waals surface area contributed by atoms with Gasteiger partial charge in [0, 0.05) is 0 Å². The monoisotopic (exact) mass is 288 g/mol. The van der Waals surface area contributed by atoms with Crippen LogP contribution in [0.1, 0.15) is 12.6 Å². The van der Waals surface area contributed by atoms with E-state index in [4.69, 9.17) is 32.7 Å². The third-order valence-electron chi connectivity index (χ3n) is 1.88. The molecule has 1 heterocycles. The lowest BCUT2D eigenvalue weighted by atomic mass is 10.4. The van der Waals surface area contributed by atoms with Gasteiger partial charge in [-0.25, -0.2) is 9.97 Å². The number of aromatic nitrogens is 2. The Kier molecular flexibility index (Phi) is 5.42. The molecular formula is C9H13ClN6O3. The minimum absolute atomic E-state index is 0.00914. The summed E-state index contributed by atoms with van der Waals surface area (Å²) in [6, 6.07) is 0. The van der Waals surface area contributed by atoms with Crippen LogP contribution in [-0.2, 0) is 9.53 Å². The lowest BCUT2D eigenvalue weighted by Crippen LogP contribution is -2.26. The van der Waals surface area contributed by atoms with E-state index in [2.05, 4.69) is 15.3 Å². The van der Waals surface area contributed by atoms with E-state index in [9.17, 15) is 4.79 Å². The predicted molar refractivity (Wildman–Crippen MR) is 68.3 cm³/mol. The van der Waals surface area contributed by atoms with Crippen molar-refractivity contribution in [2.75, 3.05) is 24.2 Å². The van der Waals surface area contributed by atoms with Crippen molar-refractivity contribution in [1.29, 1.82) is 5.41 Å². The second-order valence-corrected chi connectivity index (χ2v) is 3.60. The molecular weight excluding hydrogens is 276 g/mol. The minimum atomic E-state index is -0.578. The maximum Gasteiger partial charge on any atom is 0.241 e. The molecule has 0 bridgehead atoms. The summed E-state index contributed by atoms with van der Waals surface area (Å²) in [6.07, 6.45) is 0. The zero-order chi connectivity index (χ0) is 14.4. The molecule has 10 heteroatoms. The molecule has 0 aromatic carbocycles. The number of carbonyl (C=O) groups excluding carboxylic acids is 1. The highest BCUT2D eigenvalue weighted by Crippen LogP contribution is 2.20. The van der Waals surface area contributed by atoms with Crippen molar-refractivity contribution in [3.63, 3.8) is 0 Å². The van der Waals surface area contributed by atoms with Crippen LogP contribution in [0.5, 0.6) is 0 Å². The first kappa shape index (κ1) is 15.1. The van der Waals surface area contributed by atoms with Gasteiger partial charge in [-0.05, 0) is 6.92 Å². The molecule has 0 radical (unpaired) electrons. The molecule has 0 saturated carbocycles. The summed E-state index contributed by atoms with van der Waals surface area (Å²) in [5, 5.41) is 18.1. The summed E-state index contributed by atoms with van der Waals surface area (Å²) in [7, 11) is 0. The SMILES string of the molecule is CCOC(=N)c1nc(Cl)c(NC(=O)CNO)nc1N. The van der Waals surface area contributed by atoms with E-state index >= 15 is 0 Å². The molecule has 0 spiro atoms. The maximum atomic E-state index is 11.2. The zero-order valence-electron chi connectivity index (χ0n) is 10.0. The van der Waals surface area contributed by atoms with Gasteiger partial charge < -0.3 is 21.0 Å². The molecule has 1 rings (SSSR count). The largest absolute Gasteiger partial charge is 0.477 e. The Hall–Kier alpha value is -1.97. The summed E-state index contributed by atoms with van der Waals surface area (Å²) in [5.41, 5.74) is 7.27. The van der Waals surface area contributed by atoms with E-state index in [1.54, 1.807) is 12.4 Å². The lowest BCUT2D eigenvalue weighted by Gasteiger charge is -2.10. The highest BCUT2D eigenvalue weighted by atomic mass is 35.5. The fourth-order valence-corrected chi connectivity index (χ4v) is 1.31. The number of hydroxylamine groups is 1. The molecule has 104 valence electrons. The van der Waals surface area contributed by atoms with Crippen molar-refractivity contribution in [3.8, 4) is 0 Å². The van der Waals surface area contributed by atoms with Crippen molar-refractivity contribution in [2.24, 2.45) is 0 Å². The molecule has 6 N–H and O–H groups in total. The van der Waals surface area contributed by atoms with E-state index in [1.165, 1.54) is 0 Å². The second kappa shape index (κ2) is 6.83. The molecule has 1 amide bonds. The van der Waals surface area contributed by atoms with Gasteiger partial charge in [0.15, 0.2) is 22.5 Å². The summed E-state index contributed by atoms with van der Waals surface area (Å²) >= 11 is 5.81. The average Bonchev–Trinajstić information content (AvgIpc) is 2.34. The van der Waals surface area contributed by atoms with Gasteiger partial charge in [-0.1, -0.05) is 11.6 Å². The Balaban J connectivity index is 2.96. The quantitative estimate of drug-likeness (QED) is 0.291. The van der Waals surface area contributed by atoms with Gasteiger partial charge in [0.2, 0.25) is 11.8 Å². The number of ether oxygens (including phenoxy) is 1. The standard InChI is InChI=1S/C9H13ClN6O3/c1-2-19-8(12)5-7(11)16-9(6(10)15-5)14-4(17)3-13-18/h12-13,18H,2-3H2,1H3,(H3,11,14,16,17). The van der Waals surface area contributed by atoms with Gasteiger partial charge in [0.05, 0.1) is 6.61 Å². The third kappa shape index (κ3) is 4.02. The second-order valence-electron chi connectivity index (χ2n) is 3.24. The number of carbonyl (C=O) groups is 1. The van der Waals surface area contributed by atoms with Crippen molar-refractivity contribution in [1.82, 2.24) is 15.4 Å². The van der Waals surface area contributed by atoms with E-state index < -0.39 is 5.91 Å². The number of amides is 1. The zero-order valence-corrected chi connectivity index (χ0v) is 10.8. The van der Waals surface area contributed by atoms with E-state index in [0.717, 1.165) is 0 Å². The summed E-state index contributed by atoms with van der Waals surface area (Å²) in [4.78, 5) is 18.9. The van der Waals surface area contributed by atoms with Crippen LogP contribution >= 0.6 is 11.6 Å². The molecule has 1 aromatic heterocycles. The number of nitrogens with two attached hydrogens (primary N) is 1. The number of rotatable bonds is 5. The van der Waals surface area contributed by atoms with Crippen LogP contribution in [0.2, 0.25) is 5.15 Å². The molecule has 9 nitrogen and oxygen atoms in total. The van der Waals surface area contributed by atoms with Crippen LogP contribution < -0.4 is 16.5 Å². The van der Waals surface area contributed by atoms with Gasteiger partial charge in [0.25, 0.3) is 0 Å². The summed E-state index contributed by atoms with van der Waals surface area (Å²) in [6.45, 7) is 1.64. The number of nitrogens with zero attached hydrogens (tertiary/aromatic N) is 2. The van der Waals surface area contributed by atoms with Gasteiger partial charge in [-0.15, -0.1) is 0 Å². The molecule has 0 aliphatic heterocycles. The molecule has 0 atom stereocenters. The Morgan fingerprint density at radius 1 is 1.58 bits per heavy atom. The van der Waals surface area contributed by atoms with Gasteiger partial charge in [0.1, 0.15) is 6.54 Å². The average molecular weight is 289 g/mol. The van der Waals surface area contributed by atoms with Crippen LogP contribution in [0.25, 0.3) is 0 Å². The van der Waals surface area contributed by atoms with Crippen molar-refractivity contribution >= 4 is 35.0 Å². The number of hydrogen-bond acceptors (Lipinski definition) is 8. The molecule has 19 heavy (non-hydrogen) atoms. The van der Waals surface area contributed by atoms with Gasteiger partial charge in [-0.3, -0.25) is 10.2 Å².